The molecule has 32 heavy (non-hydrogen) atoms. The van der Waals surface area contributed by atoms with Crippen LogP contribution in [0.3, 0.4) is 0 Å². The van der Waals surface area contributed by atoms with E-state index in [-0.39, 0.29) is 12.1 Å². The number of rotatable bonds is 5. The largest absolute Gasteiger partial charge is 0.459 e. The Morgan fingerprint density at radius 1 is 1.03 bits per heavy atom. The molecule has 0 saturated carbocycles. The SMILES string of the molecule is Cc1c(Cl)cccc1-c1ccc(C2C(c3ccccn3)NC(=S)N2Cc2ccncc2)o1. The minimum absolute atomic E-state index is 0.134. The number of thiocarbonyl (C=S) groups is 1. The Hall–Kier alpha value is -3.22. The number of hydrogen-bond acceptors (Lipinski definition) is 4. The van der Waals surface area contributed by atoms with E-state index < -0.39 is 0 Å². The molecule has 0 amide bonds. The average molecular weight is 461 g/mol. The second-order valence-corrected chi connectivity index (χ2v) is 8.52. The molecular weight excluding hydrogens is 440 g/mol. The summed E-state index contributed by atoms with van der Waals surface area (Å²) < 4.78 is 6.42. The van der Waals surface area contributed by atoms with E-state index in [1.165, 1.54) is 0 Å². The van der Waals surface area contributed by atoms with Gasteiger partial charge in [0.05, 0.1) is 11.7 Å². The lowest BCUT2D eigenvalue weighted by Crippen LogP contribution is -2.29. The van der Waals surface area contributed by atoms with Gasteiger partial charge in [0.15, 0.2) is 5.11 Å². The summed E-state index contributed by atoms with van der Waals surface area (Å²) >= 11 is 12.1. The van der Waals surface area contributed by atoms with Gasteiger partial charge in [-0.2, -0.15) is 0 Å². The number of benzene rings is 1. The Morgan fingerprint density at radius 3 is 2.66 bits per heavy atom. The number of aromatic nitrogens is 2. The number of pyridine rings is 2. The molecular formula is C25H21ClN4OS. The lowest BCUT2D eigenvalue weighted by Gasteiger charge is -2.26. The molecule has 1 aliphatic rings. The molecule has 4 aromatic rings. The van der Waals surface area contributed by atoms with Crippen LogP contribution in [0.5, 0.6) is 0 Å². The number of furan rings is 1. The smallest absolute Gasteiger partial charge is 0.170 e. The summed E-state index contributed by atoms with van der Waals surface area (Å²) in [5.41, 5.74) is 4.00. The zero-order valence-corrected chi connectivity index (χ0v) is 19.0. The molecule has 7 heteroatoms. The molecule has 2 atom stereocenters. The van der Waals surface area contributed by atoms with Crippen LogP contribution < -0.4 is 5.32 Å². The maximum Gasteiger partial charge on any atom is 0.170 e. The first-order chi connectivity index (χ1) is 15.6. The fourth-order valence-electron chi connectivity index (χ4n) is 4.10. The quantitative estimate of drug-likeness (QED) is 0.376. The first kappa shape index (κ1) is 20.7. The molecule has 1 saturated heterocycles. The van der Waals surface area contributed by atoms with E-state index in [0.29, 0.717) is 11.7 Å². The van der Waals surface area contributed by atoms with Crippen molar-refractivity contribution in [2.24, 2.45) is 0 Å². The van der Waals surface area contributed by atoms with Crippen molar-refractivity contribution in [3.8, 4) is 11.3 Å². The van der Waals surface area contributed by atoms with Crippen LogP contribution in [0.4, 0.5) is 0 Å². The Morgan fingerprint density at radius 2 is 1.88 bits per heavy atom. The topological polar surface area (TPSA) is 54.2 Å². The summed E-state index contributed by atoms with van der Waals surface area (Å²) in [5.74, 6) is 1.60. The molecule has 1 aliphatic heterocycles. The summed E-state index contributed by atoms with van der Waals surface area (Å²) in [6.07, 6.45) is 5.38. The van der Waals surface area contributed by atoms with Crippen molar-refractivity contribution in [2.45, 2.75) is 25.6 Å². The predicted molar refractivity (Wildman–Crippen MR) is 129 cm³/mol. The van der Waals surface area contributed by atoms with Crippen molar-refractivity contribution >= 4 is 28.9 Å². The van der Waals surface area contributed by atoms with Crippen LogP contribution in [-0.2, 0) is 6.54 Å². The Labute approximate surface area is 197 Å². The van der Waals surface area contributed by atoms with Crippen LogP contribution in [0.15, 0.2) is 83.7 Å². The van der Waals surface area contributed by atoms with Crippen LogP contribution in [0.2, 0.25) is 5.02 Å². The summed E-state index contributed by atoms with van der Waals surface area (Å²) in [6, 6.07) is 19.5. The molecule has 0 bridgehead atoms. The zero-order valence-electron chi connectivity index (χ0n) is 17.4. The van der Waals surface area contributed by atoms with E-state index in [4.69, 9.17) is 28.2 Å². The molecule has 3 aromatic heterocycles. The Bertz CT molecular complexity index is 1250. The zero-order chi connectivity index (χ0) is 22.1. The van der Waals surface area contributed by atoms with E-state index in [1.54, 1.807) is 18.6 Å². The van der Waals surface area contributed by atoms with E-state index in [2.05, 4.69) is 20.2 Å². The van der Waals surface area contributed by atoms with Gasteiger partial charge in [0.2, 0.25) is 0 Å². The minimum atomic E-state index is -0.154. The Balaban J connectivity index is 1.56. The Kier molecular flexibility index (Phi) is 5.64. The van der Waals surface area contributed by atoms with Crippen LogP contribution in [0.1, 0.15) is 34.7 Å². The third-order valence-corrected chi connectivity index (χ3v) is 6.51. The molecule has 4 heterocycles. The summed E-state index contributed by atoms with van der Waals surface area (Å²) in [6.45, 7) is 2.63. The van der Waals surface area contributed by atoms with Gasteiger partial charge in [-0.3, -0.25) is 9.97 Å². The first-order valence-corrected chi connectivity index (χ1v) is 11.1. The molecule has 1 fully saturated rings. The fraction of sp³-hybridized carbons (Fsp3) is 0.160. The molecule has 2 unspecified atom stereocenters. The third-order valence-electron chi connectivity index (χ3n) is 5.75. The van der Waals surface area contributed by atoms with Gasteiger partial charge in [-0.05, 0) is 72.7 Å². The summed E-state index contributed by atoms with van der Waals surface area (Å²) in [4.78, 5) is 10.9. The highest BCUT2D eigenvalue weighted by molar-refractivity contribution is 7.80. The molecule has 160 valence electrons. The fourth-order valence-corrected chi connectivity index (χ4v) is 4.58. The van der Waals surface area contributed by atoms with Gasteiger partial charge in [0.1, 0.15) is 17.6 Å². The van der Waals surface area contributed by atoms with Gasteiger partial charge < -0.3 is 14.6 Å². The average Bonchev–Trinajstić information content (AvgIpc) is 3.42. The normalized spacial score (nSPS) is 18.1. The van der Waals surface area contributed by atoms with Crippen molar-refractivity contribution in [1.29, 1.82) is 0 Å². The third kappa shape index (κ3) is 3.87. The maximum absolute atomic E-state index is 6.42. The first-order valence-electron chi connectivity index (χ1n) is 10.3. The second-order valence-electron chi connectivity index (χ2n) is 7.72. The highest BCUT2D eigenvalue weighted by Crippen LogP contribution is 2.41. The summed E-state index contributed by atoms with van der Waals surface area (Å²) in [5, 5.41) is 4.84. The van der Waals surface area contributed by atoms with Gasteiger partial charge >= 0.3 is 0 Å². The molecule has 5 rings (SSSR count). The van der Waals surface area contributed by atoms with Crippen molar-refractivity contribution < 1.29 is 4.42 Å². The number of halogens is 1. The lowest BCUT2D eigenvalue weighted by atomic mass is 10.0. The van der Waals surface area contributed by atoms with Crippen molar-refractivity contribution in [3.05, 3.63) is 107 Å². The van der Waals surface area contributed by atoms with Crippen molar-refractivity contribution in [3.63, 3.8) is 0 Å². The van der Waals surface area contributed by atoms with E-state index >= 15 is 0 Å². The molecule has 0 radical (unpaired) electrons. The van der Waals surface area contributed by atoms with E-state index in [0.717, 1.165) is 38.9 Å². The van der Waals surface area contributed by atoms with Crippen LogP contribution in [0, 0.1) is 6.92 Å². The molecule has 0 spiro atoms. The molecule has 1 aromatic carbocycles. The monoisotopic (exact) mass is 460 g/mol. The van der Waals surface area contributed by atoms with E-state index in [9.17, 15) is 0 Å². The lowest BCUT2D eigenvalue weighted by molar-refractivity contribution is 0.269. The van der Waals surface area contributed by atoms with Crippen LogP contribution in [0.25, 0.3) is 11.3 Å². The van der Waals surface area contributed by atoms with Crippen molar-refractivity contribution in [2.75, 3.05) is 0 Å². The second kappa shape index (κ2) is 8.73. The van der Waals surface area contributed by atoms with Crippen LogP contribution >= 0.6 is 23.8 Å². The van der Waals surface area contributed by atoms with Gasteiger partial charge in [-0.25, -0.2) is 0 Å². The summed E-state index contributed by atoms with van der Waals surface area (Å²) in [7, 11) is 0. The standard InChI is InChI=1S/C25H21ClN4OS/c1-16-18(5-4-6-19(16)26)21-8-9-22(31-21)24-23(20-7-2-3-12-28-20)29-25(32)30(24)15-17-10-13-27-14-11-17/h2-14,23-24H,15H2,1H3,(H,29,32). The predicted octanol–water partition coefficient (Wildman–Crippen LogP) is 5.87. The maximum atomic E-state index is 6.42. The molecule has 5 nitrogen and oxygen atoms in total. The number of nitrogens with one attached hydrogen (secondary N) is 1. The number of hydrogen-bond donors (Lipinski definition) is 1. The van der Waals surface area contributed by atoms with Gasteiger partial charge in [-0.1, -0.05) is 29.8 Å². The highest BCUT2D eigenvalue weighted by atomic mass is 35.5. The van der Waals surface area contributed by atoms with E-state index in [1.807, 2.05) is 67.6 Å². The minimum Gasteiger partial charge on any atom is -0.459 e. The molecule has 1 N–H and O–H groups in total. The van der Waals surface area contributed by atoms with Gasteiger partial charge in [-0.15, -0.1) is 0 Å². The van der Waals surface area contributed by atoms with Crippen molar-refractivity contribution in [1.82, 2.24) is 20.2 Å². The van der Waals surface area contributed by atoms with Gasteiger partial charge in [0.25, 0.3) is 0 Å². The van der Waals surface area contributed by atoms with Crippen LogP contribution in [-0.4, -0.2) is 20.0 Å². The van der Waals surface area contributed by atoms with Gasteiger partial charge in [0, 0.05) is 35.7 Å². The highest BCUT2D eigenvalue weighted by Gasteiger charge is 2.41. The molecule has 0 aliphatic carbocycles. The number of nitrogens with zero attached hydrogens (tertiary/aromatic N) is 3.